The molecule has 0 saturated heterocycles. The molecule has 0 aliphatic rings. The molecule has 0 aliphatic heterocycles. The lowest BCUT2D eigenvalue weighted by molar-refractivity contribution is 0.544. The summed E-state index contributed by atoms with van der Waals surface area (Å²) in [6.45, 7) is 0. The van der Waals surface area contributed by atoms with Crippen LogP contribution in [0, 0.1) is 0 Å². The van der Waals surface area contributed by atoms with Crippen LogP contribution in [0.25, 0.3) is 0 Å². The molecule has 0 bridgehead atoms. The van der Waals surface area contributed by atoms with Gasteiger partial charge in [-0.2, -0.15) is 0 Å². The van der Waals surface area contributed by atoms with Crippen LogP contribution in [-0.2, 0) is 10.0 Å². The van der Waals surface area contributed by atoms with Gasteiger partial charge in [0.15, 0.2) is 5.37 Å². The quantitative estimate of drug-likeness (QED) is 0.821. The molecule has 1 atom stereocenters. The third kappa shape index (κ3) is 2.10. The average molecular weight is 238 g/mol. The second-order valence-corrected chi connectivity index (χ2v) is 4.86. The molecule has 0 amide bonds. The van der Waals surface area contributed by atoms with Gasteiger partial charge in [0, 0.05) is 6.20 Å². The van der Waals surface area contributed by atoms with Crippen LogP contribution in [0.5, 0.6) is 0 Å². The van der Waals surface area contributed by atoms with Gasteiger partial charge in [-0.15, -0.1) is 5.10 Å². The maximum absolute atomic E-state index is 11.5. The van der Waals surface area contributed by atoms with E-state index in [4.69, 9.17) is 5.14 Å². The number of nitrogens with zero attached hydrogens (tertiary/aromatic N) is 3. The van der Waals surface area contributed by atoms with Crippen LogP contribution in [0.4, 0.5) is 0 Å². The first kappa shape index (κ1) is 10.8. The van der Waals surface area contributed by atoms with Crippen LogP contribution in [-0.4, -0.2) is 23.4 Å². The second kappa shape index (κ2) is 4.03. The predicted molar refractivity (Wildman–Crippen MR) is 57.7 cm³/mol. The maximum atomic E-state index is 11.5. The summed E-state index contributed by atoms with van der Waals surface area (Å²) in [6, 6.07) is 8.63. The van der Waals surface area contributed by atoms with Crippen molar-refractivity contribution in [1.82, 2.24) is 15.0 Å². The molecule has 2 aromatic rings. The first-order valence-corrected chi connectivity index (χ1v) is 6.12. The number of aromatic nitrogens is 3. The third-order valence-corrected chi connectivity index (χ3v) is 3.19. The van der Waals surface area contributed by atoms with Crippen molar-refractivity contribution in [2.75, 3.05) is 0 Å². The first-order chi connectivity index (χ1) is 7.59. The molecule has 1 aromatic heterocycles. The Bertz CT molecular complexity index is 550. The largest absolute Gasteiger partial charge is 0.236 e. The van der Waals surface area contributed by atoms with E-state index in [0.717, 1.165) is 0 Å². The summed E-state index contributed by atoms with van der Waals surface area (Å²) in [6.07, 6.45) is 2.86. The van der Waals surface area contributed by atoms with Crippen molar-refractivity contribution in [3.63, 3.8) is 0 Å². The fourth-order valence-corrected chi connectivity index (χ4v) is 2.40. The van der Waals surface area contributed by atoms with Crippen molar-refractivity contribution in [3.8, 4) is 0 Å². The highest BCUT2D eigenvalue weighted by atomic mass is 32.2. The van der Waals surface area contributed by atoms with Gasteiger partial charge in [-0.1, -0.05) is 35.5 Å². The van der Waals surface area contributed by atoms with Gasteiger partial charge in [-0.25, -0.2) is 18.2 Å². The molecule has 1 aromatic carbocycles. The summed E-state index contributed by atoms with van der Waals surface area (Å²) in [7, 11) is -3.78. The van der Waals surface area contributed by atoms with Crippen LogP contribution in [0.1, 0.15) is 10.9 Å². The minimum absolute atomic E-state index is 0.551. The topological polar surface area (TPSA) is 90.9 Å². The molecule has 1 unspecified atom stereocenters. The zero-order chi connectivity index (χ0) is 11.6. The van der Waals surface area contributed by atoms with E-state index >= 15 is 0 Å². The number of hydrogen-bond donors (Lipinski definition) is 1. The van der Waals surface area contributed by atoms with Crippen LogP contribution < -0.4 is 5.14 Å². The highest BCUT2D eigenvalue weighted by Gasteiger charge is 2.25. The molecule has 6 nitrogen and oxygen atoms in total. The molecule has 0 aliphatic carbocycles. The number of sulfonamides is 1. The smallest absolute Gasteiger partial charge is 0.228 e. The SMILES string of the molecule is NS(=O)(=O)C(c1ccccc1)n1ccnn1. The molecule has 16 heavy (non-hydrogen) atoms. The number of rotatable bonds is 3. The van der Waals surface area contributed by atoms with Crippen LogP contribution in [0.15, 0.2) is 42.7 Å². The Balaban J connectivity index is 2.54. The van der Waals surface area contributed by atoms with Gasteiger partial charge in [-0.05, 0) is 5.56 Å². The standard InChI is InChI=1S/C9H10N4O2S/c10-16(14,15)9(13-7-6-11-12-13)8-4-2-1-3-5-8/h1-7,9H,(H2,10,14,15). The van der Waals surface area contributed by atoms with Crippen molar-refractivity contribution < 1.29 is 8.42 Å². The van der Waals surface area contributed by atoms with E-state index in [0.29, 0.717) is 5.56 Å². The molecule has 84 valence electrons. The number of primary sulfonamides is 1. The molecule has 7 heteroatoms. The van der Waals surface area contributed by atoms with E-state index in [9.17, 15) is 8.42 Å². The fourth-order valence-electron chi connectivity index (χ4n) is 1.45. The zero-order valence-electron chi connectivity index (χ0n) is 8.26. The molecule has 1 heterocycles. The number of benzene rings is 1. The van der Waals surface area contributed by atoms with Crippen LogP contribution in [0.2, 0.25) is 0 Å². The molecule has 0 saturated carbocycles. The molecule has 2 rings (SSSR count). The lowest BCUT2D eigenvalue weighted by Gasteiger charge is -2.14. The molecule has 2 N–H and O–H groups in total. The van der Waals surface area contributed by atoms with Gasteiger partial charge < -0.3 is 0 Å². The van der Waals surface area contributed by atoms with Crippen molar-refractivity contribution in [2.24, 2.45) is 5.14 Å². The van der Waals surface area contributed by atoms with Gasteiger partial charge in [0.25, 0.3) is 0 Å². The van der Waals surface area contributed by atoms with Crippen molar-refractivity contribution in [2.45, 2.75) is 5.37 Å². The normalized spacial score (nSPS) is 13.6. The summed E-state index contributed by atoms with van der Waals surface area (Å²) in [5, 5.41) is 11.4. The van der Waals surface area contributed by atoms with Crippen molar-refractivity contribution >= 4 is 10.0 Å². The van der Waals surface area contributed by atoms with Gasteiger partial charge in [0.1, 0.15) is 0 Å². The minimum atomic E-state index is -3.78. The lowest BCUT2D eigenvalue weighted by atomic mass is 10.2. The monoisotopic (exact) mass is 238 g/mol. The highest BCUT2D eigenvalue weighted by molar-refractivity contribution is 7.89. The number of nitrogens with two attached hydrogens (primary N) is 1. The minimum Gasteiger partial charge on any atom is -0.228 e. The Morgan fingerprint density at radius 1 is 1.25 bits per heavy atom. The Hall–Kier alpha value is -1.73. The molecular weight excluding hydrogens is 228 g/mol. The third-order valence-electron chi connectivity index (χ3n) is 2.08. The van der Waals surface area contributed by atoms with E-state index in [1.54, 1.807) is 30.3 Å². The zero-order valence-corrected chi connectivity index (χ0v) is 9.08. The Morgan fingerprint density at radius 2 is 1.94 bits per heavy atom. The summed E-state index contributed by atoms with van der Waals surface area (Å²) in [5.74, 6) is 0. The number of hydrogen-bond acceptors (Lipinski definition) is 4. The molecular formula is C9H10N4O2S. The predicted octanol–water partition coefficient (Wildman–Crippen LogP) is 0.114. The first-order valence-electron chi connectivity index (χ1n) is 4.51. The summed E-state index contributed by atoms with van der Waals surface area (Å²) in [5.41, 5.74) is 0.551. The Morgan fingerprint density at radius 3 is 2.44 bits per heavy atom. The summed E-state index contributed by atoms with van der Waals surface area (Å²) >= 11 is 0. The van der Waals surface area contributed by atoms with Crippen LogP contribution in [0.3, 0.4) is 0 Å². The van der Waals surface area contributed by atoms with E-state index < -0.39 is 15.4 Å². The van der Waals surface area contributed by atoms with E-state index in [-0.39, 0.29) is 0 Å². The Labute approximate surface area is 92.7 Å². The lowest BCUT2D eigenvalue weighted by Crippen LogP contribution is -2.28. The molecule has 0 spiro atoms. The Kier molecular flexibility index (Phi) is 2.71. The average Bonchev–Trinajstić information content (AvgIpc) is 2.71. The van der Waals surface area contributed by atoms with Crippen LogP contribution >= 0.6 is 0 Å². The van der Waals surface area contributed by atoms with E-state index in [1.807, 2.05) is 0 Å². The van der Waals surface area contributed by atoms with Gasteiger partial charge >= 0.3 is 0 Å². The van der Waals surface area contributed by atoms with E-state index in [1.165, 1.54) is 17.1 Å². The van der Waals surface area contributed by atoms with Gasteiger partial charge in [0.2, 0.25) is 10.0 Å². The van der Waals surface area contributed by atoms with Gasteiger partial charge in [0.05, 0.1) is 6.20 Å². The maximum Gasteiger partial charge on any atom is 0.236 e. The summed E-state index contributed by atoms with van der Waals surface area (Å²) < 4.78 is 24.3. The van der Waals surface area contributed by atoms with Gasteiger partial charge in [-0.3, -0.25) is 0 Å². The second-order valence-electron chi connectivity index (χ2n) is 3.24. The van der Waals surface area contributed by atoms with E-state index in [2.05, 4.69) is 10.3 Å². The molecule has 0 radical (unpaired) electrons. The highest BCUT2D eigenvalue weighted by Crippen LogP contribution is 2.20. The summed E-state index contributed by atoms with van der Waals surface area (Å²) in [4.78, 5) is 0. The fraction of sp³-hybridized carbons (Fsp3) is 0.111. The molecule has 0 fully saturated rings. The van der Waals surface area contributed by atoms with Crippen molar-refractivity contribution in [3.05, 3.63) is 48.3 Å². The van der Waals surface area contributed by atoms with Crippen molar-refractivity contribution in [1.29, 1.82) is 0 Å².